The summed E-state index contributed by atoms with van der Waals surface area (Å²) in [4.78, 5) is 0. The van der Waals surface area contributed by atoms with Crippen molar-refractivity contribution in [1.82, 2.24) is 15.1 Å². The number of hydrogen-bond acceptors (Lipinski definition) is 3. The first-order valence-corrected chi connectivity index (χ1v) is 5.82. The van der Waals surface area contributed by atoms with Crippen LogP contribution in [0, 0.1) is 6.92 Å². The van der Waals surface area contributed by atoms with Gasteiger partial charge in [0.05, 0.1) is 5.69 Å². The Bertz CT molecular complexity index is 372. The van der Waals surface area contributed by atoms with E-state index in [0.29, 0.717) is 12.6 Å². The summed E-state index contributed by atoms with van der Waals surface area (Å²) < 4.78 is 1.85. The van der Waals surface area contributed by atoms with Crippen molar-refractivity contribution in [3.8, 4) is 0 Å². The smallest absolute Gasteiger partial charge is 0.0641 e. The molecule has 88 valence electrons. The third kappa shape index (κ3) is 2.33. The summed E-state index contributed by atoms with van der Waals surface area (Å²) in [5.74, 6) is 0. The summed E-state index contributed by atoms with van der Waals surface area (Å²) in [5.41, 5.74) is 8.13. The second kappa shape index (κ2) is 4.80. The minimum absolute atomic E-state index is 0.221. The van der Waals surface area contributed by atoms with E-state index in [-0.39, 0.29) is 6.04 Å². The zero-order chi connectivity index (χ0) is 11.5. The molecule has 0 radical (unpaired) electrons. The maximum Gasteiger partial charge on any atom is 0.0641 e. The van der Waals surface area contributed by atoms with Crippen LogP contribution in [0.4, 0.5) is 0 Å². The zero-order valence-electron chi connectivity index (χ0n) is 9.98. The van der Waals surface area contributed by atoms with E-state index in [1.165, 1.54) is 5.56 Å². The van der Waals surface area contributed by atoms with Crippen LogP contribution in [0.1, 0.15) is 30.1 Å². The fraction of sp³-hybridized carbons (Fsp3) is 0.583. The van der Waals surface area contributed by atoms with Crippen LogP contribution >= 0.6 is 0 Å². The normalized spacial score (nSPS) is 18.2. The van der Waals surface area contributed by atoms with Gasteiger partial charge in [-0.3, -0.25) is 4.68 Å². The molecule has 4 nitrogen and oxygen atoms in total. The summed E-state index contributed by atoms with van der Waals surface area (Å²) >= 11 is 0. The van der Waals surface area contributed by atoms with E-state index in [1.807, 2.05) is 18.7 Å². The Morgan fingerprint density at radius 2 is 2.25 bits per heavy atom. The molecule has 1 aromatic rings. The fourth-order valence-electron chi connectivity index (χ4n) is 2.28. The maximum absolute atomic E-state index is 5.84. The maximum atomic E-state index is 5.84. The van der Waals surface area contributed by atoms with Gasteiger partial charge in [-0.05, 0) is 19.8 Å². The molecule has 0 spiro atoms. The third-order valence-corrected chi connectivity index (χ3v) is 3.11. The van der Waals surface area contributed by atoms with Gasteiger partial charge in [0, 0.05) is 37.4 Å². The molecule has 0 bridgehead atoms. The minimum atomic E-state index is 0.221. The van der Waals surface area contributed by atoms with Gasteiger partial charge < -0.3 is 11.1 Å². The molecule has 1 atom stereocenters. The van der Waals surface area contributed by atoms with Crippen LogP contribution in [-0.4, -0.2) is 22.4 Å². The highest BCUT2D eigenvalue weighted by Crippen LogP contribution is 2.19. The van der Waals surface area contributed by atoms with E-state index >= 15 is 0 Å². The lowest BCUT2D eigenvalue weighted by molar-refractivity contribution is 0.452. The lowest BCUT2D eigenvalue weighted by atomic mass is 10.1. The molecule has 0 fully saturated rings. The summed E-state index contributed by atoms with van der Waals surface area (Å²) in [6.07, 6.45) is 8.72. The average Bonchev–Trinajstić information content (AvgIpc) is 2.85. The Hall–Kier alpha value is -1.13. The van der Waals surface area contributed by atoms with Crippen molar-refractivity contribution in [2.24, 2.45) is 12.8 Å². The van der Waals surface area contributed by atoms with E-state index in [0.717, 1.165) is 18.5 Å². The molecule has 1 aliphatic rings. The van der Waals surface area contributed by atoms with E-state index in [1.54, 1.807) is 0 Å². The second-order valence-electron chi connectivity index (χ2n) is 4.44. The van der Waals surface area contributed by atoms with E-state index in [9.17, 15) is 0 Å². The highest BCUT2D eigenvalue weighted by molar-refractivity contribution is 5.21. The van der Waals surface area contributed by atoms with Crippen molar-refractivity contribution < 1.29 is 0 Å². The Kier molecular flexibility index (Phi) is 3.41. The SMILES string of the molecule is Cc1nn(C)cc1C(CN)NC1CC=CC1. The second-order valence-corrected chi connectivity index (χ2v) is 4.44. The Balaban J connectivity index is 2.06. The molecule has 2 rings (SSSR count). The predicted molar refractivity (Wildman–Crippen MR) is 65.0 cm³/mol. The van der Waals surface area contributed by atoms with Crippen molar-refractivity contribution in [3.63, 3.8) is 0 Å². The molecule has 0 aliphatic heterocycles. The number of aryl methyl sites for hydroxylation is 2. The van der Waals surface area contributed by atoms with Gasteiger partial charge in [-0.25, -0.2) is 0 Å². The van der Waals surface area contributed by atoms with Crippen molar-refractivity contribution in [1.29, 1.82) is 0 Å². The Morgan fingerprint density at radius 1 is 1.56 bits per heavy atom. The standard InChI is InChI=1S/C12H20N4/c1-9-11(8-16(2)15-9)12(7-13)14-10-5-3-4-6-10/h3-4,8,10,12,14H,5-7,13H2,1-2H3. The van der Waals surface area contributed by atoms with Gasteiger partial charge in [-0.2, -0.15) is 5.10 Å². The van der Waals surface area contributed by atoms with E-state index in [2.05, 4.69) is 28.8 Å². The van der Waals surface area contributed by atoms with Gasteiger partial charge in [0.25, 0.3) is 0 Å². The van der Waals surface area contributed by atoms with Crippen molar-refractivity contribution in [2.75, 3.05) is 6.54 Å². The largest absolute Gasteiger partial charge is 0.329 e. The predicted octanol–water partition coefficient (Wildman–Crippen LogP) is 1.04. The molecule has 4 heteroatoms. The molecule has 0 saturated carbocycles. The highest BCUT2D eigenvalue weighted by Gasteiger charge is 2.19. The Morgan fingerprint density at radius 3 is 2.75 bits per heavy atom. The molecule has 0 aromatic carbocycles. The first-order valence-electron chi connectivity index (χ1n) is 5.82. The molecule has 1 unspecified atom stereocenters. The molecule has 0 saturated heterocycles. The monoisotopic (exact) mass is 220 g/mol. The molecule has 3 N–H and O–H groups in total. The first kappa shape index (κ1) is 11.4. The lowest BCUT2D eigenvalue weighted by Gasteiger charge is -2.21. The zero-order valence-corrected chi connectivity index (χ0v) is 9.98. The van der Waals surface area contributed by atoms with Crippen molar-refractivity contribution >= 4 is 0 Å². The lowest BCUT2D eigenvalue weighted by Crippen LogP contribution is -2.35. The van der Waals surface area contributed by atoms with Crippen LogP contribution in [0.25, 0.3) is 0 Å². The summed E-state index contributed by atoms with van der Waals surface area (Å²) in [6, 6.07) is 0.756. The van der Waals surface area contributed by atoms with Gasteiger partial charge in [0.1, 0.15) is 0 Å². The third-order valence-electron chi connectivity index (χ3n) is 3.11. The number of aromatic nitrogens is 2. The van der Waals surface area contributed by atoms with Crippen LogP contribution in [0.2, 0.25) is 0 Å². The number of nitrogens with two attached hydrogens (primary N) is 1. The first-order chi connectivity index (χ1) is 7.70. The van der Waals surface area contributed by atoms with Crippen LogP contribution in [0.15, 0.2) is 18.3 Å². The molecule has 16 heavy (non-hydrogen) atoms. The fourth-order valence-corrected chi connectivity index (χ4v) is 2.28. The quantitative estimate of drug-likeness (QED) is 0.745. The number of hydrogen-bond donors (Lipinski definition) is 2. The van der Waals surface area contributed by atoms with Crippen molar-refractivity contribution in [3.05, 3.63) is 29.6 Å². The highest BCUT2D eigenvalue weighted by atomic mass is 15.3. The van der Waals surface area contributed by atoms with Gasteiger partial charge in [-0.1, -0.05) is 12.2 Å². The number of rotatable bonds is 4. The van der Waals surface area contributed by atoms with Crippen LogP contribution in [0.3, 0.4) is 0 Å². The topological polar surface area (TPSA) is 55.9 Å². The average molecular weight is 220 g/mol. The van der Waals surface area contributed by atoms with Crippen molar-refractivity contribution in [2.45, 2.75) is 31.8 Å². The van der Waals surface area contributed by atoms with Gasteiger partial charge in [0.15, 0.2) is 0 Å². The number of nitrogens with one attached hydrogen (secondary N) is 1. The van der Waals surface area contributed by atoms with Gasteiger partial charge in [0.2, 0.25) is 0 Å². The molecular formula is C12H20N4. The molecule has 1 heterocycles. The van der Waals surface area contributed by atoms with Crippen LogP contribution < -0.4 is 11.1 Å². The number of nitrogens with zero attached hydrogens (tertiary/aromatic N) is 2. The van der Waals surface area contributed by atoms with E-state index in [4.69, 9.17) is 5.73 Å². The van der Waals surface area contributed by atoms with Crippen LogP contribution in [0.5, 0.6) is 0 Å². The Labute approximate surface area is 96.5 Å². The van der Waals surface area contributed by atoms with Gasteiger partial charge in [-0.15, -0.1) is 0 Å². The molecule has 1 aromatic heterocycles. The molecule has 0 amide bonds. The summed E-state index contributed by atoms with van der Waals surface area (Å²) in [6.45, 7) is 2.65. The summed E-state index contributed by atoms with van der Waals surface area (Å²) in [5, 5.41) is 7.96. The summed E-state index contributed by atoms with van der Waals surface area (Å²) in [7, 11) is 1.95. The van der Waals surface area contributed by atoms with Crippen LogP contribution in [-0.2, 0) is 7.05 Å². The van der Waals surface area contributed by atoms with Gasteiger partial charge >= 0.3 is 0 Å². The van der Waals surface area contributed by atoms with E-state index < -0.39 is 0 Å². The molecular weight excluding hydrogens is 200 g/mol. The minimum Gasteiger partial charge on any atom is -0.329 e. The molecule has 1 aliphatic carbocycles.